The maximum atomic E-state index is 9.94. The Hall–Kier alpha value is -3.76. The number of rotatable bonds is 2. The molecule has 1 aliphatic rings. The lowest BCUT2D eigenvalue weighted by molar-refractivity contribution is 0.145. The molecule has 4 bridgehead atoms. The van der Waals surface area contributed by atoms with Crippen molar-refractivity contribution in [3.05, 3.63) is 41.3 Å². The number of ether oxygens (including phenoxy) is 1. The number of aromatic nitrogens is 7. The number of benzene rings is 1. The molecule has 10 nitrogen and oxygen atoms in total. The first kappa shape index (κ1) is 23.6. The minimum Gasteiger partial charge on any atom is -0.473 e. The predicted molar refractivity (Wildman–Crippen MR) is 143 cm³/mol. The van der Waals surface area contributed by atoms with Crippen LogP contribution in [0, 0.1) is 13.8 Å². The number of hydrogen-bond acceptors (Lipinski definition) is 7. The van der Waals surface area contributed by atoms with Crippen molar-refractivity contribution in [3.8, 4) is 28.4 Å². The molecule has 2 N–H and O–H groups in total. The molecule has 5 aromatic rings. The number of nitrogens with zero attached hydrogens (tertiary/aromatic N) is 7. The van der Waals surface area contributed by atoms with Crippen LogP contribution in [0.5, 0.6) is 5.88 Å². The lowest BCUT2D eigenvalue weighted by Gasteiger charge is -2.24. The van der Waals surface area contributed by atoms with Gasteiger partial charge in [0.15, 0.2) is 0 Å². The van der Waals surface area contributed by atoms with Crippen LogP contribution in [0.2, 0.25) is 0 Å². The van der Waals surface area contributed by atoms with Gasteiger partial charge in [0.05, 0.1) is 52.0 Å². The Kier molecular flexibility index (Phi) is 5.54. The molecule has 0 saturated carbocycles. The molecule has 0 spiro atoms. The van der Waals surface area contributed by atoms with E-state index in [2.05, 4.69) is 47.3 Å². The van der Waals surface area contributed by atoms with E-state index >= 15 is 0 Å². The fraction of sp³-hybridized carbons (Fsp3) is 0.407. The molecule has 37 heavy (non-hydrogen) atoms. The van der Waals surface area contributed by atoms with Crippen LogP contribution in [0.4, 0.5) is 0 Å². The minimum atomic E-state index is -0.141. The average molecular weight is 501 g/mol. The molecule has 1 aliphatic heterocycles. The van der Waals surface area contributed by atoms with Crippen LogP contribution in [0.3, 0.4) is 0 Å². The number of fused-ring (bicyclic) bond motifs is 5. The first-order valence-electron chi connectivity index (χ1n) is 12.6. The van der Waals surface area contributed by atoms with Crippen LogP contribution in [-0.2, 0) is 13.6 Å². The fourth-order valence-electron chi connectivity index (χ4n) is 5.48. The first-order valence-corrected chi connectivity index (χ1v) is 12.6. The predicted octanol–water partition coefficient (Wildman–Crippen LogP) is 3.76. The van der Waals surface area contributed by atoms with Gasteiger partial charge in [-0.3, -0.25) is 19.7 Å². The number of nitrogens with one attached hydrogen (secondary N) is 1. The van der Waals surface area contributed by atoms with E-state index in [1.54, 1.807) is 4.68 Å². The minimum absolute atomic E-state index is 0.0126. The Morgan fingerprint density at radius 2 is 1.95 bits per heavy atom. The number of aliphatic hydroxyl groups excluding tert-OH is 1. The molecule has 0 radical (unpaired) electrons. The third-order valence-corrected chi connectivity index (χ3v) is 7.22. The molecule has 0 amide bonds. The van der Waals surface area contributed by atoms with Crippen molar-refractivity contribution in [1.82, 2.24) is 39.6 Å². The van der Waals surface area contributed by atoms with Crippen LogP contribution in [-0.4, -0.2) is 71.1 Å². The third kappa shape index (κ3) is 3.79. The second kappa shape index (κ2) is 8.67. The summed E-state index contributed by atoms with van der Waals surface area (Å²) in [6.07, 6.45) is -0.105. The van der Waals surface area contributed by atoms with Gasteiger partial charge in [-0.25, -0.2) is 4.68 Å². The van der Waals surface area contributed by atoms with E-state index in [9.17, 15) is 5.11 Å². The van der Waals surface area contributed by atoms with Gasteiger partial charge >= 0.3 is 0 Å². The van der Waals surface area contributed by atoms with Crippen LogP contribution >= 0.6 is 0 Å². The van der Waals surface area contributed by atoms with Gasteiger partial charge in [-0.2, -0.15) is 15.3 Å². The number of hydrogen-bond donors (Lipinski definition) is 2. The van der Waals surface area contributed by atoms with Crippen LogP contribution in [0.15, 0.2) is 24.3 Å². The van der Waals surface area contributed by atoms with E-state index in [0.717, 1.165) is 61.4 Å². The zero-order valence-electron chi connectivity index (χ0n) is 22.1. The number of pyridine rings is 1. The van der Waals surface area contributed by atoms with Gasteiger partial charge in [0.25, 0.3) is 0 Å². The Balaban J connectivity index is 1.65. The van der Waals surface area contributed by atoms with E-state index < -0.39 is 0 Å². The normalized spacial score (nSPS) is 17.2. The van der Waals surface area contributed by atoms with Gasteiger partial charge in [0, 0.05) is 36.5 Å². The van der Waals surface area contributed by atoms with Crippen LogP contribution < -0.4 is 4.74 Å². The number of H-pyrrole nitrogens is 1. The molecular weight excluding hydrogens is 468 g/mol. The quantitative estimate of drug-likeness (QED) is 0.380. The topological polar surface area (TPSA) is 110 Å². The molecule has 10 heteroatoms. The van der Waals surface area contributed by atoms with Crippen molar-refractivity contribution in [1.29, 1.82) is 0 Å². The second-order valence-corrected chi connectivity index (χ2v) is 10.3. The molecule has 2 atom stereocenters. The summed E-state index contributed by atoms with van der Waals surface area (Å²) in [4.78, 5) is 7.15. The highest BCUT2D eigenvalue weighted by Crippen LogP contribution is 2.38. The summed E-state index contributed by atoms with van der Waals surface area (Å²) in [5, 5.41) is 29.4. The summed E-state index contributed by atoms with van der Waals surface area (Å²) in [6, 6.07) is 8.20. The van der Waals surface area contributed by atoms with Gasteiger partial charge in [-0.05, 0) is 52.9 Å². The third-order valence-electron chi connectivity index (χ3n) is 7.22. The zero-order valence-corrected chi connectivity index (χ0v) is 22.1. The van der Waals surface area contributed by atoms with Gasteiger partial charge in [-0.1, -0.05) is 6.07 Å². The number of aryl methyl sites for hydroxylation is 3. The molecule has 1 aromatic carbocycles. The van der Waals surface area contributed by atoms with E-state index in [4.69, 9.17) is 19.9 Å². The largest absolute Gasteiger partial charge is 0.473 e. The highest BCUT2D eigenvalue weighted by Gasteiger charge is 2.25. The standard InChI is InChI=1S/C27H32N8O2/c1-14(13-36)35-23-12-33(5)11-15(2)37-27-24(16(3)31-34(27)6)22-10-20-25(17(4)28-22)29-30-26(20)18-7-8-21(32-35)19(23)9-18/h7-10,14-15,36H,11-13H2,1-6H3,(H,29,30)/t14-,15-/m0/s1. The van der Waals surface area contributed by atoms with Crippen LogP contribution in [0.25, 0.3) is 44.3 Å². The van der Waals surface area contributed by atoms with Gasteiger partial charge in [-0.15, -0.1) is 0 Å². The summed E-state index contributed by atoms with van der Waals surface area (Å²) in [6.45, 7) is 9.39. The van der Waals surface area contributed by atoms with Gasteiger partial charge in [0.1, 0.15) is 11.8 Å². The highest BCUT2D eigenvalue weighted by molar-refractivity contribution is 5.98. The Bertz CT molecular complexity index is 1650. The molecular formula is C27H32N8O2. The number of aromatic amines is 1. The first-order chi connectivity index (χ1) is 17.7. The smallest absolute Gasteiger partial charge is 0.221 e. The molecule has 0 fully saturated rings. The van der Waals surface area contributed by atoms with Crippen LogP contribution in [0.1, 0.15) is 37.0 Å². The summed E-state index contributed by atoms with van der Waals surface area (Å²) >= 11 is 0. The molecule has 0 saturated heterocycles. The van der Waals surface area contributed by atoms with E-state index in [1.807, 2.05) is 38.6 Å². The van der Waals surface area contributed by atoms with Gasteiger partial charge in [0.2, 0.25) is 5.88 Å². The molecule has 6 rings (SSSR count). The summed E-state index contributed by atoms with van der Waals surface area (Å²) in [5.41, 5.74) is 8.16. The molecule has 5 heterocycles. The number of aliphatic hydroxyl groups is 1. The number of likely N-dealkylation sites (N-methyl/N-ethyl adjacent to an activating group) is 1. The van der Waals surface area contributed by atoms with Crippen molar-refractivity contribution in [2.24, 2.45) is 7.05 Å². The maximum Gasteiger partial charge on any atom is 0.221 e. The monoisotopic (exact) mass is 500 g/mol. The SMILES string of the molecule is Cc1nn(C)c2c1-c1cc3c(n[nH]c3c(C)n1)-c1ccc3nn([C@@H](C)CO)c(c3c1)CN(C)C[C@H](C)O2. The molecule has 0 aliphatic carbocycles. The maximum absolute atomic E-state index is 9.94. The van der Waals surface area contributed by atoms with Crippen molar-refractivity contribution in [3.63, 3.8) is 0 Å². The summed E-state index contributed by atoms with van der Waals surface area (Å²) in [5.74, 6) is 0.700. The molecule has 192 valence electrons. The highest BCUT2D eigenvalue weighted by atomic mass is 16.5. The van der Waals surface area contributed by atoms with Crippen molar-refractivity contribution in [2.45, 2.75) is 46.4 Å². The van der Waals surface area contributed by atoms with E-state index in [1.165, 1.54) is 0 Å². The Labute approximate surface area is 214 Å². The zero-order chi connectivity index (χ0) is 26.0. The van der Waals surface area contributed by atoms with E-state index in [-0.39, 0.29) is 18.8 Å². The molecule has 4 aromatic heterocycles. The van der Waals surface area contributed by atoms with E-state index in [0.29, 0.717) is 19.0 Å². The summed E-state index contributed by atoms with van der Waals surface area (Å²) < 4.78 is 10.3. The van der Waals surface area contributed by atoms with Gasteiger partial charge < -0.3 is 9.84 Å². The fourth-order valence-corrected chi connectivity index (χ4v) is 5.48. The lowest BCUT2D eigenvalue weighted by Crippen LogP contribution is -2.32. The van der Waals surface area contributed by atoms with Crippen molar-refractivity contribution >= 4 is 21.8 Å². The second-order valence-electron chi connectivity index (χ2n) is 10.3. The summed E-state index contributed by atoms with van der Waals surface area (Å²) in [7, 11) is 3.98. The Morgan fingerprint density at radius 3 is 2.73 bits per heavy atom. The van der Waals surface area contributed by atoms with Crippen molar-refractivity contribution < 1.29 is 9.84 Å². The lowest BCUT2D eigenvalue weighted by atomic mass is 10.0. The van der Waals surface area contributed by atoms with Crippen molar-refractivity contribution in [2.75, 3.05) is 20.2 Å². The Morgan fingerprint density at radius 1 is 1.14 bits per heavy atom. The molecule has 0 unspecified atom stereocenters. The average Bonchev–Trinajstić information content (AvgIpc) is 3.51.